The number of hydrogen-bond acceptors (Lipinski definition) is 4. The molecule has 1 aliphatic carbocycles. The van der Waals surface area contributed by atoms with Gasteiger partial charge in [-0.25, -0.2) is 4.98 Å². The summed E-state index contributed by atoms with van der Waals surface area (Å²) in [7, 11) is 0. The standard InChI is InChI=1S/C43H24N4S/c1-3-12-26(13-4-1)41-44-42(27-14-5-2-6-15-27)46-43(45-41)47-32-22-8-7-18-30(32)37-33(47)24-35-40-38-29(20-11-23-34(38)48-35)28-19-9-16-25-17-10-21-31(36(25)28)39(37)40/h1-24H. The van der Waals surface area contributed by atoms with E-state index >= 15 is 0 Å². The van der Waals surface area contributed by atoms with Crippen molar-refractivity contribution < 1.29 is 0 Å². The zero-order valence-corrected chi connectivity index (χ0v) is 26.4. The van der Waals surface area contributed by atoms with E-state index in [1.165, 1.54) is 64.0 Å². The van der Waals surface area contributed by atoms with Crippen LogP contribution in [-0.4, -0.2) is 19.5 Å². The molecule has 0 unspecified atom stereocenters. The van der Waals surface area contributed by atoms with E-state index in [0.717, 1.165) is 22.2 Å². The molecule has 0 N–H and O–H groups in total. The second-order valence-corrected chi connectivity index (χ2v) is 13.5. The van der Waals surface area contributed by atoms with Gasteiger partial charge in [-0.15, -0.1) is 11.3 Å². The normalized spacial score (nSPS) is 12.2. The van der Waals surface area contributed by atoms with Gasteiger partial charge in [-0.05, 0) is 45.7 Å². The van der Waals surface area contributed by atoms with Gasteiger partial charge in [0.2, 0.25) is 5.95 Å². The van der Waals surface area contributed by atoms with Crippen molar-refractivity contribution in [3.8, 4) is 51.0 Å². The summed E-state index contributed by atoms with van der Waals surface area (Å²) in [4.78, 5) is 15.4. The molecule has 0 saturated carbocycles. The Balaban J connectivity index is 1.34. The molecule has 0 fully saturated rings. The van der Waals surface area contributed by atoms with Crippen molar-refractivity contribution in [3.05, 3.63) is 146 Å². The second kappa shape index (κ2) is 9.67. The highest BCUT2D eigenvalue weighted by atomic mass is 32.1. The van der Waals surface area contributed by atoms with Gasteiger partial charge in [0, 0.05) is 47.6 Å². The summed E-state index contributed by atoms with van der Waals surface area (Å²) in [5, 5.41) is 7.63. The first-order valence-electron chi connectivity index (χ1n) is 16.1. The summed E-state index contributed by atoms with van der Waals surface area (Å²) in [5.41, 5.74) is 9.21. The van der Waals surface area contributed by atoms with E-state index in [4.69, 9.17) is 15.0 Å². The third-order valence-corrected chi connectivity index (χ3v) is 10.9. The van der Waals surface area contributed by atoms with Crippen molar-refractivity contribution in [2.75, 3.05) is 0 Å². The predicted molar refractivity (Wildman–Crippen MR) is 200 cm³/mol. The maximum atomic E-state index is 5.20. The van der Waals surface area contributed by atoms with Crippen LogP contribution in [0.5, 0.6) is 0 Å². The van der Waals surface area contributed by atoms with Crippen molar-refractivity contribution in [2.24, 2.45) is 0 Å². The fourth-order valence-corrected chi connectivity index (χ4v) is 8.98. The van der Waals surface area contributed by atoms with Gasteiger partial charge >= 0.3 is 0 Å². The molecule has 10 aromatic rings. The molecule has 3 heterocycles. The lowest BCUT2D eigenvalue weighted by Gasteiger charge is -2.13. The summed E-state index contributed by atoms with van der Waals surface area (Å²) in [6, 6.07) is 51.7. The number of rotatable bonds is 3. The van der Waals surface area contributed by atoms with Crippen LogP contribution in [0.15, 0.2) is 146 Å². The molecule has 11 rings (SSSR count). The molecule has 0 spiro atoms. The topological polar surface area (TPSA) is 43.6 Å². The molecular weight excluding hydrogens is 605 g/mol. The van der Waals surface area contributed by atoms with E-state index in [-0.39, 0.29) is 0 Å². The van der Waals surface area contributed by atoms with Crippen LogP contribution in [0.2, 0.25) is 0 Å². The van der Waals surface area contributed by atoms with Gasteiger partial charge in [-0.1, -0.05) is 127 Å². The Morgan fingerprint density at radius 3 is 1.79 bits per heavy atom. The predicted octanol–water partition coefficient (Wildman–Crippen LogP) is 11.5. The van der Waals surface area contributed by atoms with Crippen molar-refractivity contribution in [2.45, 2.75) is 0 Å². The van der Waals surface area contributed by atoms with Crippen LogP contribution < -0.4 is 0 Å². The number of aromatic nitrogens is 4. The molecule has 5 heteroatoms. The lowest BCUT2D eigenvalue weighted by atomic mass is 9.91. The lowest BCUT2D eigenvalue weighted by molar-refractivity contribution is 0.954. The fraction of sp³-hybridized carbons (Fsp3) is 0. The van der Waals surface area contributed by atoms with Crippen molar-refractivity contribution in [1.29, 1.82) is 0 Å². The van der Waals surface area contributed by atoms with Crippen LogP contribution in [0.3, 0.4) is 0 Å². The highest BCUT2D eigenvalue weighted by Gasteiger charge is 2.28. The summed E-state index contributed by atoms with van der Waals surface area (Å²) in [5.74, 6) is 1.90. The Bertz CT molecular complexity index is 2880. The third-order valence-electron chi connectivity index (χ3n) is 9.77. The first kappa shape index (κ1) is 26.0. The summed E-state index contributed by atoms with van der Waals surface area (Å²) in [6.45, 7) is 0. The van der Waals surface area contributed by atoms with E-state index in [0.29, 0.717) is 17.6 Å². The van der Waals surface area contributed by atoms with Gasteiger partial charge in [-0.2, -0.15) is 9.97 Å². The summed E-state index contributed by atoms with van der Waals surface area (Å²) >= 11 is 1.87. The van der Waals surface area contributed by atoms with Gasteiger partial charge in [0.05, 0.1) is 11.0 Å². The third kappa shape index (κ3) is 3.51. The number of thiophene rings is 1. The number of benzene rings is 7. The van der Waals surface area contributed by atoms with Crippen LogP contribution >= 0.6 is 11.3 Å². The molecule has 48 heavy (non-hydrogen) atoms. The molecule has 7 aromatic carbocycles. The maximum Gasteiger partial charge on any atom is 0.238 e. The van der Waals surface area contributed by atoms with Gasteiger partial charge in [0.15, 0.2) is 11.6 Å². The average Bonchev–Trinajstić information content (AvgIpc) is 3.65. The zero-order valence-electron chi connectivity index (χ0n) is 25.6. The van der Waals surface area contributed by atoms with Crippen LogP contribution in [0, 0.1) is 0 Å². The number of hydrogen-bond donors (Lipinski definition) is 0. The number of nitrogens with zero attached hydrogens (tertiary/aromatic N) is 4. The number of fused-ring (bicyclic) bond motifs is 6. The van der Waals surface area contributed by atoms with Gasteiger partial charge in [0.25, 0.3) is 0 Å². The van der Waals surface area contributed by atoms with E-state index in [9.17, 15) is 0 Å². The summed E-state index contributed by atoms with van der Waals surface area (Å²) in [6.07, 6.45) is 0. The summed E-state index contributed by atoms with van der Waals surface area (Å²) < 4.78 is 4.81. The molecular formula is C43H24N4S. The average molecular weight is 629 g/mol. The zero-order chi connectivity index (χ0) is 31.3. The maximum absolute atomic E-state index is 5.20. The first-order chi connectivity index (χ1) is 23.8. The minimum absolute atomic E-state index is 0.606. The van der Waals surface area contributed by atoms with E-state index in [2.05, 4.69) is 114 Å². The highest BCUT2D eigenvalue weighted by Crippen LogP contribution is 2.54. The molecule has 0 atom stereocenters. The van der Waals surface area contributed by atoms with Crippen LogP contribution in [0.1, 0.15) is 0 Å². The second-order valence-electron chi connectivity index (χ2n) is 12.4. The van der Waals surface area contributed by atoms with Gasteiger partial charge < -0.3 is 0 Å². The minimum atomic E-state index is 0.606. The SMILES string of the molecule is c1ccc(-c2nc(-c3ccccc3)nc(-n3c4ccccc4c4c5c6c(cc43)sc3cccc(c36)-c3cccc4cccc-5c34)n2)cc1. The van der Waals surface area contributed by atoms with E-state index in [1.807, 2.05) is 47.7 Å². The largest absolute Gasteiger partial charge is 0.278 e. The molecule has 1 aliphatic rings. The number of para-hydroxylation sites is 1. The fourth-order valence-electron chi connectivity index (χ4n) is 7.81. The van der Waals surface area contributed by atoms with Crippen LogP contribution in [-0.2, 0) is 0 Å². The molecule has 3 aromatic heterocycles. The Labute approximate surface area is 279 Å². The Morgan fingerprint density at radius 1 is 0.438 bits per heavy atom. The lowest BCUT2D eigenvalue weighted by Crippen LogP contribution is -2.06. The Morgan fingerprint density at radius 2 is 1.06 bits per heavy atom. The van der Waals surface area contributed by atoms with E-state index < -0.39 is 0 Å². The molecule has 0 bridgehead atoms. The molecule has 4 nitrogen and oxygen atoms in total. The van der Waals surface area contributed by atoms with Crippen LogP contribution in [0.25, 0.3) is 104 Å². The monoisotopic (exact) mass is 628 g/mol. The van der Waals surface area contributed by atoms with Crippen LogP contribution in [0.4, 0.5) is 0 Å². The molecule has 222 valence electrons. The highest BCUT2D eigenvalue weighted by molar-refractivity contribution is 7.26. The van der Waals surface area contributed by atoms with E-state index in [1.54, 1.807) is 0 Å². The molecule has 0 amide bonds. The molecule has 0 radical (unpaired) electrons. The quantitative estimate of drug-likeness (QED) is 0.196. The van der Waals surface area contributed by atoms with Crippen molar-refractivity contribution in [1.82, 2.24) is 19.5 Å². The smallest absolute Gasteiger partial charge is 0.238 e. The molecule has 0 aliphatic heterocycles. The molecule has 0 saturated heterocycles. The van der Waals surface area contributed by atoms with Gasteiger partial charge in [-0.3, -0.25) is 4.57 Å². The van der Waals surface area contributed by atoms with Crippen molar-refractivity contribution in [3.63, 3.8) is 0 Å². The Kier molecular flexibility index (Phi) is 5.23. The first-order valence-corrected chi connectivity index (χ1v) is 16.9. The minimum Gasteiger partial charge on any atom is -0.278 e. The van der Waals surface area contributed by atoms with Crippen molar-refractivity contribution >= 4 is 64.1 Å². The van der Waals surface area contributed by atoms with Gasteiger partial charge in [0.1, 0.15) is 0 Å². The Hall–Kier alpha value is -6.17.